The van der Waals surface area contributed by atoms with E-state index < -0.39 is 47.5 Å². The van der Waals surface area contributed by atoms with E-state index in [0.29, 0.717) is 0 Å². The van der Waals surface area contributed by atoms with Crippen molar-refractivity contribution in [2.75, 3.05) is 0 Å². The molecule has 0 spiro atoms. The Hall–Kier alpha value is 3.91. The molecule has 0 aromatic heterocycles. The van der Waals surface area contributed by atoms with Gasteiger partial charge in [-0.2, -0.15) is 0 Å². The summed E-state index contributed by atoms with van der Waals surface area (Å²) in [5.74, 6) is -13.8. The van der Waals surface area contributed by atoms with Crippen molar-refractivity contribution in [2.24, 2.45) is 23.7 Å². The molecular formula is C12H8K4O8. The normalized spacial score (nSPS) is 27.0. The number of hydrogen-bond acceptors (Lipinski definition) is 8. The summed E-state index contributed by atoms with van der Waals surface area (Å²) in [6.07, 6.45) is 2.98. The molecule has 0 aromatic rings. The van der Waals surface area contributed by atoms with Crippen LogP contribution in [0.15, 0.2) is 24.3 Å². The van der Waals surface area contributed by atoms with E-state index in [1.807, 2.05) is 0 Å². The summed E-state index contributed by atoms with van der Waals surface area (Å²) in [5, 5.41) is 43.4. The number of carbonyl (C=O) groups is 4. The molecule has 0 N–H and O–H groups in total. The van der Waals surface area contributed by atoms with Gasteiger partial charge in [-0.3, -0.25) is 0 Å². The second-order valence-electron chi connectivity index (χ2n) is 4.15. The third kappa shape index (κ3) is 11.2. The predicted octanol–water partition coefficient (Wildman–Crippen LogP) is -17.4. The second-order valence-corrected chi connectivity index (χ2v) is 4.15. The maximum Gasteiger partial charge on any atom is 1.00 e. The summed E-state index contributed by atoms with van der Waals surface area (Å²) in [5.41, 5.74) is 0. The molecule has 0 aromatic carbocycles. The average Bonchev–Trinajstić information content (AvgIpc) is 2.26. The molecule has 1 aliphatic rings. The SMILES string of the molecule is O=C([O-])C1/C=C\C(C(=O)[O-])C(C(=O)[O-])/C=C\C1C(=O)[O-].[K+].[K+].[K+].[K+]. The minimum absolute atomic E-state index is 0. The zero-order chi connectivity index (χ0) is 15.4. The number of rotatable bonds is 4. The average molecular weight is 437 g/mol. The van der Waals surface area contributed by atoms with Crippen molar-refractivity contribution in [3.05, 3.63) is 24.3 Å². The van der Waals surface area contributed by atoms with Gasteiger partial charge in [0.1, 0.15) is 0 Å². The topological polar surface area (TPSA) is 161 Å². The summed E-state index contributed by atoms with van der Waals surface area (Å²) >= 11 is 0. The molecule has 0 fully saturated rings. The van der Waals surface area contributed by atoms with Gasteiger partial charge >= 0.3 is 206 Å². The molecule has 0 aliphatic heterocycles. The van der Waals surface area contributed by atoms with Gasteiger partial charge in [-0.25, -0.2) is 0 Å². The van der Waals surface area contributed by atoms with Crippen LogP contribution in [0, 0.1) is 23.7 Å². The van der Waals surface area contributed by atoms with E-state index in [9.17, 15) is 39.6 Å². The van der Waals surface area contributed by atoms with E-state index in [0.717, 1.165) is 24.3 Å². The van der Waals surface area contributed by atoms with Gasteiger partial charge in [-0.1, -0.05) is 24.3 Å². The van der Waals surface area contributed by atoms with Crippen molar-refractivity contribution >= 4 is 23.9 Å². The minimum Gasteiger partial charge on any atom is -0.549 e. The molecule has 24 heavy (non-hydrogen) atoms. The molecule has 108 valence electrons. The Morgan fingerprint density at radius 1 is 0.458 bits per heavy atom. The van der Waals surface area contributed by atoms with Crippen molar-refractivity contribution in [1.82, 2.24) is 0 Å². The van der Waals surface area contributed by atoms with Crippen LogP contribution < -0.4 is 226 Å². The van der Waals surface area contributed by atoms with Crippen LogP contribution in [0.5, 0.6) is 0 Å². The Bertz CT molecular complexity index is 429. The van der Waals surface area contributed by atoms with Crippen LogP contribution in [0.1, 0.15) is 0 Å². The Balaban J connectivity index is -0.000000500. The van der Waals surface area contributed by atoms with Gasteiger partial charge in [-0.15, -0.1) is 0 Å². The van der Waals surface area contributed by atoms with Crippen LogP contribution in [-0.2, 0) is 19.2 Å². The largest absolute Gasteiger partial charge is 1.00 e. The van der Waals surface area contributed by atoms with Crippen LogP contribution in [0.2, 0.25) is 0 Å². The summed E-state index contributed by atoms with van der Waals surface area (Å²) in [7, 11) is 0. The minimum atomic E-state index is -1.76. The Morgan fingerprint density at radius 2 is 0.583 bits per heavy atom. The van der Waals surface area contributed by atoms with Gasteiger partial charge in [-0.05, 0) is 0 Å². The van der Waals surface area contributed by atoms with E-state index in [4.69, 9.17) is 0 Å². The fourth-order valence-electron chi connectivity index (χ4n) is 1.86. The quantitative estimate of drug-likeness (QED) is 0.310. The fraction of sp³-hybridized carbons (Fsp3) is 0.333. The zero-order valence-electron chi connectivity index (χ0n) is 13.9. The summed E-state index contributed by atoms with van der Waals surface area (Å²) in [6.45, 7) is 0. The first-order chi connectivity index (χ1) is 9.25. The maximum absolute atomic E-state index is 10.8. The molecule has 0 bridgehead atoms. The Kier molecular flexibility index (Phi) is 26.1. The van der Waals surface area contributed by atoms with Crippen molar-refractivity contribution in [1.29, 1.82) is 0 Å². The first-order valence-corrected chi connectivity index (χ1v) is 5.45. The standard InChI is InChI=1S/C12H12O8.4K/c13-9(14)5-1-2-6(10(15)16)8(12(19)20)4-3-7(5)11(17)18;;;;/h1-8H,(H,13,14)(H,15,16)(H,17,18)(H,19,20);;;;/q;4*+1/p-4/b2-1-,4-3-;;;;. The van der Waals surface area contributed by atoms with Crippen LogP contribution in [0.3, 0.4) is 0 Å². The maximum atomic E-state index is 10.8. The van der Waals surface area contributed by atoms with E-state index in [2.05, 4.69) is 0 Å². The van der Waals surface area contributed by atoms with E-state index in [1.165, 1.54) is 0 Å². The Labute approximate surface area is 308 Å². The molecule has 0 saturated heterocycles. The first-order valence-electron chi connectivity index (χ1n) is 5.45. The predicted molar refractivity (Wildman–Crippen MR) is 52.3 cm³/mol. The van der Waals surface area contributed by atoms with Gasteiger partial charge in [0, 0.05) is 47.5 Å². The first kappa shape index (κ1) is 35.3. The molecule has 0 heterocycles. The number of aliphatic carboxylic acids is 4. The summed E-state index contributed by atoms with van der Waals surface area (Å²) in [4.78, 5) is 43.4. The number of carboxylic acids is 4. The van der Waals surface area contributed by atoms with Crippen molar-refractivity contribution in [2.45, 2.75) is 0 Å². The van der Waals surface area contributed by atoms with Crippen LogP contribution in [-0.4, -0.2) is 23.9 Å². The zero-order valence-corrected chi connectivity index (χ0v) is 26.4. The van der Waals surface area contributed by atoms with Crippen LogP contribution in [0.4, 0.5) is 0 Å². The molecule has 0 saturated carbocycles. The summed E-state index contributed by atoms with van der Waals surface area (Å²) < 4.78 is 0. The van der Waals surface area contributed by atoms with E-state index >= 15 is 0 Å². The molecule has 12 heteroatoms. The van der Waals surface area contributed by atoms with Gasteiger partial charge in [0.05, 0.1) is 0 Å². The third-order valence-corrected chi connectivity index (χ3v) is 2.91. The molecule has 4 atom stereocenters. The van der Waals surface area contributed by atoms with Gasteiger partial charge in [0.2, 0.25) is 0 Å². The van der Waals surface area contributed by atoms with E-state index in [-0.39, 0.29) is 206 Å². The van der Waals surface area contributed by atoms with Crippen LogP contribution in [0.25, 0.3) is 0 Å². The Morgan fingerprint density at radius 3 is 0.667 bits per heavy atom. The fourth-order valence-corrected chi connectivity index (χ4v) is 1.86. The molecule has 4 unspecified atom stereocenters. The molecule has 1 rings (SSSR count). The van der Waals surface area contributed by atoms with Gasteiger partial charge < -0.3 is 39.6 Å². The van der Waals surface area contributed by atoms with E-state index in [1.54, 1.807) is 0 Å². The molecular weight excluding hydrogens is 429 g/mol. The van der Waals surface area contributed by atoms with Crippen LogP contribution >= 0.6 is 0 Å². The second kappa shape index (κ2) is 17.7. The van der Waals surface area contributed by atoms with Gasteiger partial charge in [0.25, 0.3) is 0 Å². The third-order valence-electron chi connectivity index (χ3n) is 2.91. The van der Waals surface area contributed by atoms with Crippen molar-refractivity contribution < 1.29 is 245 Å². The molecule has 1 aliphatic carbocycles. The van der Waals surface area contributed by atoms with Gasteiger partial charge in [0.15, 0.2) is 0 Å². The number of hydrogen-bond donors (Lipinski definition) is 0. The number of carboxylic acid groups (broad SMARTS) is 4. The monoisotopic (exact) mass is 436 g/mol. The van der Waals surface area contributed by atoms with Crippen molar-refractivity contribution in [3.63, 3.8) is 0 Å². The number of carbonyl (C=O) groups excluding carboxylic acids is 4. The smallest absolute Gasteiger partial charge is 0.549 e. The molecule has 0 radical (unpaired) electrons. The molecule has 0 amide bonds. The molecule has 8 nitrogen and oxygen atoms in total. The van der Waals surface area contributed by atoms with Crippen molar-refractivity contribution in [3.8, 4) is 0 Å². The summed E-state index contributed by atoms with van der Waals surface area (Å²) in [6, 6.07) is 0.